The zero-order chi connectivity index (χ0) is 20.9. The van der Waals surface area contributed by atoms with Gasteiger partial charge in [-0.25, -0.2) is 18.3 Å². The molecule has 29 heavy (non-hydrogen) atoms. The zero-order valence-corrected chi connectivity index (χ0v) is 16.4. The number of hydrogen-bond donors (Lipinski definition) is 2. The predicted octanol–water partition coefficient (Wildman–Crippen LogP) is 3.80. The average molecular weight is 414 g/mol. The van der Waals surface area contributed by atoms with Gasteiger partial charge in [0.05, 0.1) is 17.2 Å². The molecule has 3 rings (SSSR count). The molecule has 3 aromatic rings. The van der Waals surface area contributed by atoms with Crippen molar-refractivity contribution < 1.29 is 22.4 Å². The van der Waals surface area contributed by atoms with Gasteiger partial charge >= 0.3 is 0 Å². The molecule has 0 bridgehead atoms. The third-order valence-electron chi connectivity index (χ3n) is 4.13. The van der Waals surface area contributed by atoms with Crippen LogP contribution in [0.2, 0.25) is 0 Å². The first-order chi connectivity index (χ1) is 13.9. The van der Waals surface area contributed by atoms with E-state index in [0.717, 1.165) is 11.6 Å². The standard InChI is InChI=1S/C21H19FN2O4S/c1-15-11-12-17(29(26,27)24-20-10-6-5-9-19(20)22)13-18(15)21(25)23-28-14-16-7-3-2-4-8-16/h2-13,24H,14H2,1H3,(H,23,25). The van der Waals surface area contributed by atoms with Gasteiger partial charge in [-0.15, -0.1) is 0 Å². The Morgan fingerprint density at radius 1 is 1.00 bits per heavy atom. The summed E-state index contributed by atoms with van der Waals surface area (Å²) in [5, 5.41) is 0. The molecule has 0 fully saturated rings. The molecule has 0 aromatic heterocycles. The molecule has 1 amide bonds. The fourth-order valence-corrected chi connectivity index (χ4v) is 3.67. The minimum atomic E-state index is -4.08. The molecular weight excluding hydrogens is 395 g/mol. The second-order valence-electron chi connectivity index (χ2n) is 6.27. The number of hydrogen-bond acceptors (Lipinski definition) is 4. The van der Waals surface area contributed by atoms with E-state index in [0.29, 0.717) is 5.56 Å². The van der Waals surface area contributed by atoms with Gasteiger partial charge in [0.1, 0.15) is 5.82 Å². The minimum Gasteiger partial charge on any atom is -0.277 e. The molecule has 3 aromatic carbocycles. The Morgan fingerprint density at radius 2 is 1.69 bits per heavy atom. The molecular formula is C21H19FN2O4S. The Labute approximate surface area is 168 Å². The molecule has 0 saturated heterocycles. The van der Waals surface area contributed by atoms with E-state index in [-0.39, 0.29) is 22.8 Å². The summed E-state index contributed by atoms with van der Waals surface area (Å²) in [6.07, 6.45) is 0. The Hall–Kier alpha value is -3.23. The predicted molar refractivity (Wildman–Crippen MR) is 107 cm³/mol. The molecule has 0 aliphatic rings. The number of amides is 1. The van der Waals surface area contributed by atoms with Crippen LogP contribution in [0.15, 0.2) is 77.7 Å². The van der Waals surface area contributed by atoms with E-state index in [1.54, 1.807) is 6.92 Å². The van der Waals surface area contributed by atoms with Crippen molar-refractivity contribution in [2.24, 2.45) is 0 Å². The third kappa shape index (κ3) is 5.18. The van der Waals surface area contributed by atoms with E-state index in [1.165, 1.54) is 36.4 Å². The molecule has 0 unspecified atom stereocenters. The summed E-state index contributed by atoms with van der Waals surface area (Å²) in [4.78, 5) is 17.5. The number of anilines is 1. The Morgan fingerprint density at radius 3 is 2.41 bits per heavy atom. The van der Waals surface area contributed by atoms with Crippen LogP contribution < -0.4 is 10.2 Å². The van der Waals surface area contributed by atoms with Crippen LogP contribution in [-0.2, 0) is 21.5 Å². The van der Waals surface area contributed by atoms with E-state index in [4.69, 9.17) is 4.84 Å². The van der Waals surface area contributed by atoms with Crippen LogP contribution >= 0.6 is 0 Å². The molecule has 0 saturated carbocycles. The maximum absolute atomic E-state index is 13.8. The van der Waals surface area contributed by atoms with Crippen LogP contribution in [0, 0.1) is 12.7 Å². The van der Waals surface area contributed by atoms with Gasteiger partial charge in [-0.3, -0.25) is 14.4 Å². The maximum Gasteiger partial charge on any atom is 0.275 e. The fourth-order valence-electron chi connectivity index (χ4n) is 2.57. The lowest BCUT2D eigenvalue weighted by molar-refractivity contribution is 0.0233. The first kappa shape index (κ1) is 20.5. The van der Waals surface area contributed by atoms with Crippen LogP contribution in [-0.4, -0.2) is 14.3 Å². The first-order valence-electron chi connectivity index (χ1n) is 8.71. The monoisotopic (exact) mass is 414 g/mol. The molecule has 150 valence electrons. The van der Waals surface area contributed by atoms with Crippen molar-refractivity contribution in [1.29, 1.82) is 0 Å². The number of carbonyl (C=O) groups excluding carboxylic acids is 1. The number of halogens is 1. The summed E-state index contributed by atoms with van der Waals surface area (Å²) in [6, 6.07) is 18.8. The maximum atomic E-state index is 13.8. The third-order valence-corrected chi connectivity index (χ3v) is 5.49. The van der Waals surface area contributed by atoms with Gasteiger partial charge in [-0.1, -0.05) is 48.5 Å². The van der Waals surface area contributed by atoms with E-state index in [2.05, 4.69) is 10.2 Å². The molecule has 0 atom stereocenters. The topological polar surface area (TPSA) is 84.5 Å². The molecule has 0 aliphatic heterocycles. The summed E-state index contributed by atoms with van der Waals surface area (Å²) in [5.41, 5.74) is 3.71. The summed E-state index contributed by atoms with van der Waals surface area (Å²) in [7, 11) is -4.08. The van der Waals surface area contributed by atoms with Gasteiger partial charge in [0.2, 0.25) is 0 Å². The number of benzene rings is 3. The number of nitrogens with one attached hydrogen (secondary N) is 2. The second kappa shape index (κ2) is 8.85. The molecule has 0 aliphatic carbocycles. The van der Waals surface area contributed by atoms with Crippen molar-refractivity contribution in [1.82, 2.24) is 5.48 Å². The number of sulfonamides is 1. The summed E-state index contributed by atoms with van der Waals surface area (Å²) < 4.78 is 41.2. The fraction of sp³-hybridized carbons (Fsp3) is 0.0952. The van der Waals surface area contributed by atoms with Crippen molar-refractivity contribution in [3.05, 3.63) is 95.3 Å². The van der Waals surface area contributed by atoms with Gasteiger partial charge in [0, 0.05) is 5.56 Å². The highest BCUT2D eigenvalue weighted by Crippen LogP contribution is 2.21. The molecule has 0 heterocycles. The van der Waals surface area contributed by atoms with Crippen molar-refractivity contribution in [3.63, 3.8) is 0 Å². The Balaban J connectivity index is 1.74. The van der Waals surface area contributed by atoms with Crippen molar-refractivity contribution >= 4 is 21.6 Å². The van der Waals surface area contributed by atoms with E-state index < -0.39 is 21.7 Å². The van der Waals surface area contributed by atoms with E-state index >= 15 is 0 Å². The molecule has 0 spiro atoms. The van der Waals surface area contributed by atoms with Gasteiger partial charge in [-0.05, 0) is 42.3 Å². The normalized spacial score (nSPS) is 11.1. The largest absolute Gasteiger partial charge is 0.277 e. The SMILES string of the molecule is Cc1ccc(S(=O)(=O)Nc2ccccc2F)cc1C(=O)NOCc1ccccc1. The number of aryl methyl sites for hydroxylation is 1. The molecule has 6 nitrogen and oxygen atoms in total. The highest BCUT2D eigenvalue weighted by atomic mass is 32.2. The number of para-hydroxylation sites is 1. The lowest BCUT2D eigenvalue weighted by Crippen LogP contribution is -2.25. The van der Waals surface area contributed by atoms with Crippen LogP contribution in [0.5, 0.6) is 0 Å². The van der Waals surface area contributed by atoms with Gasteiger partial charge < -0.3 is 0 Å². The summed E-state index contributed by atoms with van der Waals surface area (Å²) in [6.45, 7) is 1.84. The quantitative estimate of drug-likeness (QED) is 0.576. The van der Waals surface area contributed by atoms with Crippen LogP contribution in [0.4, 0.5) is 10.1 Å². The molecule has 2 N–H and O–H groups in total. The molecule has 0 radical (unpaired) electrons. The van der Waals surface area contributed by atoms with E-state index in [9.17, 15) is 17.6 Å². The minimum absolute atomic E-state index is 0.134. The number of carbonyl (C=O) groups is 1. The summed E-state index contributed by atoms with van der Waals surface area (Å²) >= 11 is 0. The second-order valence-corrected chi connectivity index (χ2v) is 7.95. The summed E-state index contributed by atoms with van der Waals surface area (Å²) in [5.74, 6) is -1.28. The first-order valence-corrected chi connectivity index (χ1v) is 10.2. The van der Waals surface area contributed by atoms with Crippen molar-refractivity contribution in [2.75, 3.05) is 4.72 Å². The van der Waals surface area contributed by atoms with Crippen LogP contribution in [0.25, 0.3) is 0 Å². The van der Waals surface area contributed by atoms with Gasteiger partial charge in [0.15, 0.2) is 0 Å². The van der Waals surface area contributed by atoms with Crippen molar-refractivity contribution in [2.45, 2.75) is 18.4 Å². The number of hydroxylamine groups is 1. The lowest BCUT2D eigenvalue weighted by atomic mass is 10.1. The lowest BCUT2D eigenvalue weighted by Gasteiger charge is -2.12. The van der Waals surface area contributed by atoms with Crippen LogP contribution in [0.1, 0.15) is 21.5 Å². The zero-order valence-electron chi connectivity index (χ0n) is 15.6. The highest BCUT2D eigenvalue weighted by Gasteiger charge is 2.19. The number of rotatable bonds is 7. The van der Waals surface area contributed by atoms with Gasteiger partial charge in [-0.2, -0.15) is 0 Å². The smallest absolute Gasteiger partial charge is 0.275 e. The van der Waals surface area contributed by atoms with E-state index in [1.807, 2.05) is 30.3 Å². The Bertz CT molecular complexity index is 1120. The van der Waals surface area contributed by atoms with Crippen LogP contribution in [0.3, 0.4) is 0 Å². The molecule has 8 heteroatoms. The highest BCUT2D eigenvalue weighted by molar-refractivity contribution is 7.92. The van der Waals surface area contributed by atoms with Crippen molar-refractivity contribution in [3.8, 4) is 0 Å². The average Bonchev–Trinajstić information content (AvgIpc) is 2.70. The Kier molecular flexibility index (Phi) is 6.26. The van der Waals surface area contributed by atoms with Gasteiger partial charge in [0.25, 0.3) is 15.9 Å².